The smallest absolute Gasteiger partial charge is 0.308 e. The Kier molecular flexibility index (Phi) is 4.71. The number of rotatable bonds is 5. The Hall–Kier alpha value is -2.87. The number of aromatic nitrogens is 1. The third kappa shape index (κ3) is 3.34. The topological polar surface area (TPSA) is 112 Å². The van der Waals surface area contributed by atoms with E-state index < -0.39 is 29.9 Å². The number of hydrogen-bond donors (Lipinski definition) is 3. The maximum atomic E-state index is 12.3. The van der Waals surface area contributed by atoms with Gasteiger partial charge in [-0.15, -0.1) is 0 Å². The maximum Gasteiger partial charge on any atom is 0.308 e. The average molecular weight is 345 g/mol. The summed E-state index contributed by atoms with van der Waals surface area (Å²) in [5.41, 5.74) is 1.72. The molecular formula is C17H19N3O5. The molecule has 2 amide bonds. The number of nitrogens with zero attached hydrogens (tertiary/aromatic N) is 1. The average Bonchev–Trinajstić information content (AvgIpc) is 3.00. The number of piperazine rings is 1. The Morgan fingerprint density at radius 1 is 1.32 bits per heavy atom. The van der Waals surface area contributed by atoms with Gasteiger partial charge in [0.15, 0.2) is 0 Å². The van der Waals surface area contributed by atoms with E-state index in [0.29, 0.717) is 5.06 Å². The van der Waals surface area contributed by atoms with Gasteiger partial charge in [0.2, 0.25) is 5.91 Å². The van der Waals surface area contributed by atoms with Crippen LogP contribution in [0.15, 0.2) is 30.5 Å². The summed E-state index contributed by atoms with van der Waals surface area (Å²) in [5, 5.41) is 14.0. The first kappa shape index (κ1) is 17.0. The van der Waals surface area contributed by atoms with Crippen LogP contribution in [0.1, 0.15) is 18.9 Å². The van der Waals surface area contributed by atoms with Gasteiger partial charge in [0.05, 0.1) is 13.0 Å². The van der Waals surface area contributed by atoms with Gasteiger partial charge in [0, 0.05) is 23.5 Å². The van der Waals surface area contributed by atoms with Gasteiger partial charge in [0.1, 0.15) is 12.1 Å². The molecule has 0 aliphatic carbocycles. The highest BCUT2D eigenvalue weighted by Crippen LogP contribution is 2.22. The van der Waals surface area contributed by atoms with E-state index in [0.717, 1.165) is 16.5 Å². The van der Waals surface area contributed by atoms with Gasteiger partial charge in [0.25, 0.3) is 5.91 Å². The monoisotopic (exact) mass is 345 g/mol. The number of para-hydroxylation sites is 1. The predicted octanol–water partition coefficient (Wildman–Crippen LogP) is 0.748. The van der Waals surface area contributed by atoms with Crippen molar-refractivity contribution in [2.24, 2.45) is 0 Å². The molecule has 2 aromatic rings. The Morgan fingerprint density at radius 2 is 2.08 bits per heavy atom. The molecule has 1 aliphatic heterocycles. The first-order valence-corrected chi connectivity index (χ1v) is 8.04. The van der Waals surface area contributed by atoms with E-state index in [9.17, 15) is 19.6 Å². The Morgan fingerprint density at radius 3 is 2.84 bits per heavy atom. The molecule has 1 fully saturated rings. The van der Waals surface area contributed by atoms with Crippen molar-refractivity contribution < 1.29 is 24.3 Å². The van der Waals surface area contributed by atoms with E-state index in [1.807, 2.05) is 24.3 Å². The van der Waals surface area contributed by atoms with Gasteiger partial charge in [-0.05, 0) is 18.6 Å². The van der Waals surface area contributed by atoms with Crippen molar-refractivity contribution in [2.75, 3.05) is 6.61 Å². The third-order valence-corrected chi connectivity index (χ3v) is 4.20. The third-order valence-electron chi connectivity index (χ3n) is 4.20. The summed E-state index contributed by atoms with van der Waals surface area (Å²) in [7, 11) is 0. The van der Waals surface area contributed by atoms with Crippen LogP contribution >= 0.6 is 0 Å². The Labute approximate surface area is 143 Å². The summed E-state index contributed by atoms with van der Waals surface area (Å²) in [6.45, 7) is 1.83. The molecular weight excluding hydrogens is 326 g/mol. The number of fused-ring (bicyclic) bond motifs is 1. The zero-order chi connectivity index (χ0) is 18.0. The molecule has 3 rings (SSSR count). The number of hydrogen-bond acceptors (Lipinski definition) is 5. The molecule has 0 unspecified atom stereocenters. The zero-order valence-electron chi connectivity index (χ0n) is 13.7. The number of esters is 1. The SMILES string of the molecule is CCOC(=O)C[C@@H]1NC(=O)[C@@H](Cc2c[nH]c3ccccc23)N(O)C1=O. The molecule has 1 aromatic carbocycles. The number of ether oxygens (including phenoxy) is 1. The Balaban J connectivity index is 1.74. The minimum absolute atomic E-state index is 0.157. The van der Waals surface area contributed by atoms with E-state index in [4.69, 9.17) is 4.74 Å². The van der Waals surface area contributed by atoms with Crippen LogP contribution in [0, 0.1) is 0 Å². The molecule has 1 aromatic heterocycles. The molecule has 8 nitrogen and oxygen atoms in total. The van der Waals surface area contributed by atoms with Crippen molar-refractivity contribution in [2.45, 2.75) is 31.8 Å². The summed E-state index contributed by atoms with van der Waals surface area (Å²) >= 11 is 0. The number of carbonyl (C=O) groups excluding carboxylic acids is 3. The number of hydroxylamine groups is 2. The van der Waals surface area contributed by atoms with E-state index in [1.165, 1.54) is 0 Å². The number of benzene rings is 1. The number of amides is 2. The molecule has 2 heterocycles. The van der Waals surface area contributed by atoms with Crippen LogP contribution in [0.5, 0.6) is 0 Å². The molecule has 2 atom stereocenters. The minimum Gasteiger partial charge on any atom is -0.466 e. The Bertz CT molecular complexity index is 815. The lowest BCUT2D eigenvalue weighted by Gasteiger charge is -2.34. The van der Waals surface area contributed by atoms with Crippen LogP contribution in [0.3, 0.4) is 0 Å². The van der Waals surface area contributed by atoms with Crippen molar-refractivity contribution in [1.29, 1.82) is 0 Å². The molecule has 0 spiro atoms. The predicted molar refractivity (Wildman–Crippen MR) is 87.6 cm³/mol. The standard InChI is InChI=1S/C17H19N3O5/c1-2-25-15(21)8-13-17(23)20(24)14(16(22)19-13)7-10-9-18-12-6-4-3-5-11(10)12/h3-6,9,13-14,18,24H,2,7-8H2,1H3,(H,19,22)/t13-,14+/m0/s1. The lowest BCUT2D eigenvalue weighted by atomic mass is 10.00. The summed E-state index contributed by atoms with van der Waals surface area (Å²) in [6, 6.07) is 5.39. The number of nitrogens with one attached hydrogen (secondary N) is 2. The van der Waals surface area contributed by atoms with E-state index in [2.05, 4.69) is 10.3 Å². The highest BCUT2D eigenvalue weighted by molar-refractivity contribution is 5.98. The lowest BCUT2D eigenvalue weighted by molar-refractivity contribution is -0.190. The van der Waals surface area contributed by atoms with Crippen LogP contribution in [-0.4, -0.2) is 51.7 Å². The van der Waals surface area contributed by atoms with Crippen molar-refractivity contribution in [3.05, 3.63) is 36.0 Å². The second kappa shape index (κ2) is 6.94. The zero-order valence-corrected chi connectivity index (χ0v) is 13.7. The normalized spacial score (nSPS) is 20.6. The first-order valence-electron chi connectivity index (χ1n) is 8.04. The largest absolute Gasteiger partial charge is 0.466 e. The summed E-state index contributed by atoms with van der Waals surface area (Å²) in [5.74, 6) is -1.84. The second-order valence-corrected chi connectivity index (χ2v) is 5.83. The summed E-state index contributed by atoms with van der Waals surface area (Å²) in [4.78, 5) is 39.2. The molecule has 0 bridgehead atoms. The van der Waals surface area contributed by atoms with Crippen LogP contribution in [-0.2, 0) is 25.5 Å². The van der Waals surface area contributed by atoms with Gasteiger partial charge in [-0.1, -0.05) is 18.2 Å². The second-order valence-electron chi connectivity index (χ2n) is 5.83. The van der Waals surface area contributed by atoms with Gasteiger partial charge >= 0.3 is 5.97 Å². The number of aromatic amines is 1. The molecule has 0 saturated carbocycles. The lowest BCUT2D eigenvalue weighted by Crippen LogP contribution is -2.63. The van der Waals surface area contributed by atoms with Crippen molar-refractivity contribution in [3.8, 4) is 0 Å². The van der Waals surface area contributed by atoms with Crippen LogP contribution < -0.4 is 5.32 Å². The summed E-state index contributed by atoms with van der Waals surface area (Å²) < 4.78 is 4.78. The molecule has 0 radical (unpaired) electrons. The minimum atomic E-state index is -1.12. The van der Waals surface area contributed by atoms with Crippen molar-refractivity contribution in [1.82, 2.24) is 15.4 Å². The van der Waals surface area contributed by atoms with Crippen LogP contribution in [0.4, 0.5) is 0 Å². The van der Waals surface area contributed by atoms with E-state index >= 15 is 0 Å². The van der Waals surface area contributed by atoms with Gasteiger partial charge in [-0.3, -0.25) is 19.6 Å². The first-order chi connectivity index (χ1) is 12.0. The fourth-order valence-electron chi connectivity index (χ4n) is 2.97. The van der Waals surface area contributed by atoms with Gasteiger partial charge in [-0.25, -0.2) is 5.06 Å². The van der Waals surface area contributed by atoms with E-state index in [-0.39, 0.29) is 19.4 Å². The van der Waals surface area contributed by atoms with Crippen LogP contribution in [0.25, 0.3) is 10.9 Å². The number of H-pyrrole nitrogens is 1. The molecule has 132 valence electrons. The summed E-state index contributed by atoms with van der Waals surface area (Å²) in [6.07, 6.45) is 1.60. The highest BCUT2D eigenvalue weighted by Gasteiger charge is 2.41. The molecule has 25 heavy (non-hydrogen) atoms. The maximum absolute atomic E-state index is 12.3. The van der Waals surface area contributed by atoms with Crippen LogP contribution in [0.2, 0.25) is 0 Å². The molecule has 8 heteroatoms. The molecule has 1 saturated heterocycles. The van der Waals surface area contributed by atoms with Gasteiger partial charge < -0.3 is 15.0 Å². The van der Waals surface area contributed by atoms with Crippen molar-refractivity contribution in [3.63, 3.8) is 0 Å². The molecule has 1 aliphatic rings. The molecule has 3 N–H and O–H groups in total. The van der Waals surface area contributed by atoms with E-state index in [1.54, 1.807) is 13.1 Å². The highest BCUT2D eigenvalue weighted by atomic mass is 16.5. The van der Waals surface area contributed by atoms with Crippen molar-refractivity contribution >= 4 is 28.7 Å². The fraction of sp³-hybridized carbons (Fsp3) is 0.353. The quantitative estimate of drug-likeness (QED) is 0.547. The number of carbonyl (C=O) groups is 3. The van der Waals surface area contributed by atoms with Gasteiger partial charge in [-0.2, -0.15) is 0 Å². The fourth-order valence-corrected chi connectivity index (χ4v) is 2.97.